The fourth-order valence-corrected chi connectivity index (χ4v) is 10.2. The highest BCUT2D eigenvalue weighted by atomic mass is 32.1. The Morgan fingerprint density at radius 1 is 0.987 bits per heavy atom. The molecule has 2 aromatic heterocycles. The molecule has 4 aromatic rings. The van der Waals surface area contributed by atoms with Crippen LogP contribution in [0.25, 0.3) is 33.3 Å². The number of esters is 1. The minimum Gasteiger partial charge on any atom is -0.508 e. The van der Waals surface area contributed by atoms with Gasteiger partial charge >= 0.3 is 5.97 Å². The van der Waals surface area contributed by atoms with E-state index in [1.165, 1.54) is 9.91 Å². The molecule has 2 aromatic carbocycles. The number of carbonyl (C=O) groups excluding carboxylic acids is 5. The quantitative estimate of drug-likeness (QED) is 0.127. The summed E-state index contributed by atoms with van der Waals surface area (Å²) in [6.07, 6.45) is 3.37. The minimum atomic E-state index is -1.18. The van der Waals surface area contributed by atoms with Gasteiger partial charge in [-0.2, -0.15) is 67.5 Å². The number of aromatic hydroxyl groups is 1. The molecule has 21 heteroatoms. The van der Waals surface area contributed by atoms with Gasteiger partial charge in [-0.15, -0.1) is 0 Å². The summed E-state index contributed by atoms with van der Waals surface area (Å²) < 4.78 is 14.2. The second-order valence-electron chi connectivity index (χ2n) is 20.4. The number of carbonyl (C=O) groups is 5. The van der Waals surface area contributed by atoms with Crippen LogP contribution in [0.3, 0.4) is 0 Å². The number of hydrazine groups is 1. The number of amides is 4. The Labute approximate surface area is 478 Å². The van der Waals surface area contributed by atoms with Crippen LogP contribution in [0.4, 0.5) is 0 Å². The van der Waals surface area contributed by atoms with Crippen LogP contribution in [0.2, 0.25) is 0 Å². The van der Waals surface area contributed by atoms with Gasteiger partial charge in [0.15, 0.2) is 0 Å². The fourth-order valence-electron chi connectivity index (χ4n) is 10.2. The second kappa shape index (κ2) is 28.7. The third-order valence-electron chi connectivity index (χ3n) is 13.8. The molecule has 2 fully saturated rings. The molecule has 5 heterocycles. The lowest BCUT2D eigenvalue weighted by atomic mass is 9.84. The average Bonchev–Trinajstić information content (AvgIpc) is 3.94. The Hall–Kier alpha value is -4.53. The molecule has 7 rings (SSSR count). The van der Waals surface area contributed by atoms with Crippen molar-refractivity contribution in [2.75, 3.05) is 61.0 Å². The average molecular weight is 1130 g/mol. The van der Waals surface area contributed by atoms with E-state index in [-0.39, 0.29) is 123 Å². The van der Waals surface area contributed by atoms with Gasteiger partial charge < -0.3 is 34.3 Å². The second-order valence-corrected chi connectivity index (χ2v) is 20.4. The molecule has 414 valence electrons. The summed E-state index contributed by atoms with van der Waals surface area (Å²) in [7, 11) is 6.98. The molecule has 0 saturated carbocycles. The lowest BCUT2D eigenvalue weighted by molar-refractivity contribution is -0.155. The number of hydrogen-bond acceptors (Lipinski definition) is 11. The van der Waals surface area contributed by atoms with Gasteiger partial charge in [0.1, 0.15) is 23.9 Å². The van der Waals surface area contributed by atoms with Gasteiger partial charge in [-0.1, -0.05) is 45.7 Å². The smallest absolute Gasteiger partial charge is 0.324 e. The Bertz CT molecular complexity index is 2710. The molecule has 3 aliphatic rings. The van der Waals surface area contributed by atoms with Crippen molar-refractivity contribution >= 4 is 108 Å². The number of nitrogens with zero attached hydrogens (tertiary/aromatic N) is 6. The highest BCUT2D eigenvalue weighted by molar-refractivity contribution is 7.60. The highest BCUT2D eigenvalue weighted by Gasteiger charge is 2.40. The first kappa shape index (κ1) is 66.6. The number of rotatable bonds is 10. The molecule has 0 aliphatic carbocycles. The molecular formula is C54H80N8O8S5. The number of phenols is 1. The number of hydrogen-bond donors (Lipinski definition) is 3. The maximum absolute atomic E-state index is 14.8. The Morgan fingerprint density at radius 2 is 1.71 bits per heavy atom. The van der Waals surface area contributed by atoms with Crippen molar-refractivity contribution in [3.05, 3.63) is 71.5 Å². The number of pyridine rings is 1. The molecule has 3 aliphatic heterocycles. The van der Waals surface area contributed by atoms with Gasteiger partial charge in [-0.05, 0) is 124 Å². The molecule has 75 heavy (non-hydrogen) atoms. The monoisotopic (exact) mass is 1130 g/mol. The van der Waals surface area contributed by atoms with Crippen LogP contribution < -0.4 is 10.7 Å². The Balaban J connectivity index is 0.00000385. The summed E-state index contributed by atoms with van der Waals surface area (Å²) in [5.74, 6) is 2.49. The largest absolute Gasteiger partial charge is 0.508 e. The first-order chi connectivity index (χ1) is 33.3. The lowest BCUT2D eigenvalue weighted by Gasteiger charge is -2.37. The zero-order valence-corrected chi connectivity index (χ0v) is 49.9. The van der Waals surface area contributed by atoms with Crippen molar-refractivity contribution in [1.82, 2.24) is 40.0 Å². The van der Waals surface area contributed by atoms with E-state index >= 15 is 0 Å². The van der Waals surface area contributed by atoms with Gasteiger partial charge in [-0.3, -0.25) is 38.9 Å². The maximum Gasteiger partial charge on any atom is 0.324 e. The zero-order chi connectivity index (χ0) is 50.6. The van der Waals surface area contributed by atoms with E-state index in [1.54, 1.807) is 37.4 Å². The van der Waals surface area contributed by atoms with Crippen molar-refractivity contribution in [3.8, 4) is 40.0 Å². The van der Waals surface area contributed by atoms with Crippen molar-refractivity contribution in [1.29, 1.82) is 0 Å². The van der Waals surface area contributed by atoms with Crippen LogP contribution in [0.15, 0.2) is 54.7 Å². The number of cyclic esters (lactones) is 1. The van der Waals surface area contributed by atoms with Crippen LogP contribution in [0.5, 0.6) is 5.75 Å². The summed E-state index contributed by atoms with van der Waals surface area (Å²) in [6, 6.07) is 12.5. The molecule has 0 unspecified atom stereocenters. The van der Waals surface area contributed by atoms with E-state index in [1.807, 2.05) is 58.0 Å². The third-order valence-corrected chi connectivity index (χ3v) is 13.8. The SMILES string of the molecule is CCn1c(-c2cccnc2[C@H](C)OC)c2c3cc(ccc31)-c1cc(O)cc(c1)C[C@H](NC(=O)[C@H](C(C)C)N(C)C(=O)[C@H]1CCN(C(=O)C#CCN(C)C)C1)C(=O)N1CCC[C@H](N1)C(=O)OCC(C)(C)C2.S.S.S.S.S. The number of benzene rings is 2. The van der Waals surface area contributed by atoms with Gasteiger partial charge in [0.05, 0.1) is 36.6 Å². The van der Waals surface area contributed by atoms with Gasteiger partial charge in [0.25, 0.3) is 11.8 Å². The Morgan fingerprint density at radius 3 is 2.37 bits per heavy atom. The van der Waals surface area contributed by atoms with E-state index in [9.17, 15) is 29.1 Å². The maximum atomic E-state index is 14.8. The van der Waals surface area contributed by atoms with Gasteiger partial charge in [-0.25, -0.2) is 5.43 Å². The fraction of sp³-hybridized carbons (Fsp3) is 0.519. The van der Waals surface area contributed by atoms with E-state index in [4.69, 9.17) is 14.5 Å². The first-order valence-electron chi connectivity index (χ1n) is 24.5. The number of likely N-dealkylation sites (tertiary alicyclic amines) is 1. The number of ether oxygens (including phenoxy) is 2. The van der Waals surface area contributed by atoms with Crippen molar-refractivity contribution in [2.45, 2.75) is 104 Å². The molecule has 4 amide bonds. The summed E-state index contributed by atoms with van der Waals surface area (Å²) in [5.41, 5.74) is 9.51. The number of phenolic OH excluding ortho intramolecular Hbond substituents is 1. The molecule has 6 bridgehead atoms. The van der Waals surface area contributed by atoms with E-state index in [0.717, 1.165) is 39.0 Å². The van der Waals surface area contributed by atoms with Crippen LogP contribution in [0, 0.1) is 29.1 Å². The molecule has 16 nitrogen and oxygen atoms in total. The molecule has 3 N–H and O–H groups in total. The first-order valence-corrected chi connectivity index (χ1v) is 24.5. The summed E-state index contributed by atoms with van der Waals surface area (Å²) in [6.45, 7) is 13.9. The number of methoxy groups -OCH3 is 1. The van der Waals surface area contributed by atoms with Crippen LogP contribution in [-0.2, 0) is 52.8 Å². The van der Waals surface area contributed by atoms with Gasteiger partial charge in [0, 0.05) is 74.8 Å². The van der Waals surface area contributed by atoms with Crippen molar-refractivity contribution < 1.29 is 38.6 Å². The lowest BCUT2D eigenvalue weighted by Crippen LogP contribution is -2.62. The number of aromatic nitrogens is 2. The molecule has 0 spiro atoms. The van der Waals surface area contributed by atoms with E-state index in [0.29, 0.717) is 56.4 Å². The van der Waals surface area contributed by atoms with Crippen molar-refractivity contribution in [3.63, 3.8) is 0 Å². The number of nitrogens with one attached hydrogen (secondary N) is 2. The number of aryl methyl sites for hydroxylation is 1. The summed E-state index contributed by atoms with van der Waals surface area (Å²) in [5, 5.41) is 16.8. The third kappa shape index (κ3) is 15.4. The van der Waals surface area contributed by atoms with Crippen LogP contribution in [0.1, 0.15) is 83.7 Å². The number of likely N-dealkylation sites (N-methyl/N-ethyl adjacent to an activating group) is 1. The molecule has 0 radical (unpaired) electrons. The zero-order valence-electron chi connectivity index (χ0n) is 44.9. The normalized spacial score (nSPS) is 19.0. The van der Waals surface area contributed by atoms with Crippen molar-refractivity contribution in [2.24, 2.45) is 17.3 Å². The Kier molecular flexibility index (Phi) is 25.5. The standard InChI is InChI=1S/C54H70N8O8.5H2S/c1-11-61-45-19-18-36-29-41(45)42(49(61)40-15-12-21-55-47(40)34(4)69-10)30-54(5,6)32-70-53(68)43-16-13-23-62(57-43)52(67)44(27-35-25-38(36)28-39(63)26-35)56-50(65)48(33(2)3)59(9)51(66)37-20-24-60(31-37)46(64)17-14-22-58(7)8;;;;;/h12,15,18-19,21,25-26,28-29,33-34,37,43-44,48,57,63H,11,13,16,20,22-24,27,30-32H2,1-10H3,(H,56,65);5*1H2/t34-,37-,43-,44-,48-;;;;;/m0...../s1. The molecule has 5 atom stereocenters. The topological polar surface area (TPSA) is 179 Å². The van der Waals surface area contributed by atoms with E-state index in [2.05, 4.69) is 66.1 Å². The van der Waals surface area contributed by atoms with Gasteiger partial charge in [0.2, 0.25) is 11.8 Å². The minimum absolute atomic E-state index is 0. The van der Waals surface area contributed by atoms with Crippen LogP contribution >= 0.6 is 67.5 Å². The van der Waals surface area contributed by atoms with Crippen LogP contribution in [-0.4, -0.2) is 143 Å². The predicted molar refractivity (Wildman–Crippen MR) is 320 cm³/mol. The molecule has 2 saturated heterocycles. The van der Waals surface area contributed by atoms with E-state index < -0.39 is 47.2 Å². The predicted octanol–water partition coefficient (Wildman–Crippen LogP) is 5.91. The summed E-state index contributed by atoms with van der Waals surface area (Å²) in [4.78, 5) is 80.0. The number of fused-ring (bicyclic) bond motifs is 6. The highest BCUT2D eigenvalue weighted by Crippen LogP contribution is 2.42. The molecular weight excluding hydrogens is 1050 g/mol. The summed E-state index contributed by atoms with van der Waals surface area (Å²) >= 11 is 0.